The summed E-state index contributed by atoms with van der Waals surface area (Å²) >= 11 is 0. The van der Waals surface area contributed by atoms with Crippen molar-refractivity contribution < 1.29 is 22.7 Å². The summed E-state index contributed by atoms with van der Waals surface area (Å²) < 4.78 is 42.2. The molecule has 2 rings (SSSR count). The van der Waals surface area contributed by atoms with Gasteiger partial charge in [0.05, 0.1) is 5.56 Å². The lowest BCUT2D eigenvalue weighted by Gasteiger charge is -2.12. The van der Waals surface area contributed by atoms with Crippen LogP contribution in [-0.2, 0) is 11.0 Å². The van der Waals surface area contributed by atoms with Gasteiger partial charge in [-0.1, -0.05) is 0 Å². The Balaban J connectivity index is 0.00000242. The smallest absolute Gasteiger partial charge is 0.416 e. The first-order valence-electron chi connectivity index (χ1n) is 6.68. The third kappa shape index (κ3) is 5.73. The van der Waals surface area contributed by atoms with E-state index in [0.29, 0.717) is 12.5 Å². The Morgan fingerprint density at radius 1 is 1.32 bits per heavy atom. The molecule has 0 saturated heterocycles. The number of alkyl halides is 3. The van der Waals surface area contributed by atoms with Crippen LogP contribution in [0.2, 0.25) is 0 Å². The maximum atomic E-state index is 12.4. The summed E-state index contributed by atoms with van der Waals surface area (Å²) in [6, 6.07) is 4.16. The lowest BCUT2D eigenvalue weighted by Crippen LogP contribution is -2.40. The van der Waals surface area contributed by atoms with Gasteiger partial charge in [0.25, 0.3) is 5.91 Å². The van der Waals surface area contributed by atoms with E-state index < -0.39 is 11.7 Å². The van der Waals surface area contributed by atoms with Gasteiger partial charge in [-0.15, -0.1) is 12.4 Å². The molecule has 0 heterocycles. The van der Waals surface area contributed by atoms with Gasteiger partial charge in [-0.25, -0.2) is 0 Å². The van der Waals surface area contributed by atoms with E-state index in [1.165, 1.54) is 12.1 Å². The third-order valence-electron chi connectivity index (χ3n) is 3.31. The third-order valence-corrected chi connectivity index (χ3v) is 3.31. The molecule has 22 heavy (non-hydrogen) atoms. The summed E-state index contributed by atoms with van der Waals surface area (Å²) in [6.45, 7) is 0.141. The van der Waals surface area contributed by atoms with E-state index in [0.717, 1.165) is 25.0 Å². The van der Waals surface area contributed by atoms with Crippen LogP contribution >= 0.6 is 12.4 Å². The molecule has 124 valence electrons. The molecule has 0 aromatic heterocycles. The summed E-state index contributed by atoms with van der Waals surface area (Å²) in [4.78, 5) is 11.5. The number of amides is 1. The number of hydrogen-bond donors (Lipinski definition) is 2. The van der Waals surface area contributed by atoms with Crippen molar-refractivity contribution in [3.8, 4) is 5.75 Å². The van der Waals surface area contributed by atoms with Crippen LogP contribution in [0.25, 0.3) is 0 Å². The number of ether oxygens (including phenoxy) is 1. The summed E-state index contributed by atoms with van der Waals surface area (Å²) in [6.07, 6.45) is -2.19. The van der Waals surface area contributed by atoms with Crippen molar-refractivity contribution in [1.29, 1.82) is 0 Å². The number of carbonyl (C=O) groups excluding carboxylic acids is 1. The fourth-order valence-electron chi connectivity index (χ4n) is 1.86. The molecular weight excluding hydrogens is 321 g/mol. The van der Waals surface area contributed by atoms with E-state index in [9.17, 15) is 18.0 Å². The lowest BCUT2D eigenvalue weighted by atomic mass is 10.2. The largest absolute Gasteiger partial charge is 0.484 e. The number of hydrogen-bond acceptors (Lipinski definition) is 3. The van der Waals surface area contributed by atoms with E-state index in [2.05, 4.69) is 5.32 Å². The number of halogens is 4. The van der Waals surface area contributed by atoms with E-state index in [4.69, 9.17) is 10.5 Å². The zero-order chi connectivity index (χ0) is 15.5. The predicted octanol–water partition coefficient (Wildman–Crippen LogP) is 2.36. The summed E-state index contributed by atoms with van der Waals surface area (Å²) in [5, 5.41) is 2.64. The minimum atomic E-state index is -4.38. The zero-order valence-corrected chi connectivity index (χ0v) is 12.5. The Bertz CT molecular complexity index is 490. The molecule has 1 unspecified atom stereocenters. The highest BCUT2D eigenvalue weighted by atomic mass is 35.5. The molecule has 4 nitrogen and oxygen atoms in total. The summed E-state index contributed by atoms with van der Waals surface area (Å²) in [5.74, 6) is 0.358. The van der Waals surface area contributed by atoms with Crippen molar-refractivity contribution in [1.82, 2.24) is 5.32 Å². The highest BCUT2D eigenvalue weighted by Crippen LogP contribution is 2.31. The average molecular weight is 339 g/mol. The zero-order valence-electron chi connectivity index (χ0n) is 11.7. The van der Waals surface area contributed by atoms with Gasteiger partial charge in [0.1, 0.15) is 5.75 Å². The topological polar surface area (TPSA) is 64.3 Å². The van der Waals surface area contributed by atoms with Gasteiger partial charge in [-0.2, -0.15) is 13.2 Å². The monoisotopic (exact) mass is 338 g/mol. The molecule has 1 aliphatic carbocycles. The Hall–Kier alpha value is -1.47. The minimum absolute atomic E-state index is 0. The van der Waals surface area contributed by atoms with Gasteiger partial charge >= 0.3 is 6.18 Å². The van der Waals surface area contributed by atoms with Crippen LogP contribution in [0.3, 0.4) is 0 Å². The van der Waals surface area contributed by atoms with Crippen molar-refractivity contribution in [3.05, 3.63) is 29.8 Å². The van der Waals surface area contributed by atoms with E-state index >= 15 is 0 Å². The average Bonchev–Trinajstić information content (AvgIpc) is 3.26. The normalized spacial score (nSPS) is 15.6. The Morgan fingerprint density at radius 2 is 1.91 bits per heavy atom. The van der Waals surface area contributed by atoms with Gasteiger partial charge in [-0.05, 0) is 43.0 Å². The van der Waals surface area contributed by atoms with Gasteiger partial charge in [0, 0.05) is 12.6 Å². The van der Waals surface area contributed by atoms with Crippen LogP contribution < -0.4 is 15.8 Å². The maximum Gasteiger partial charge on any atom is 0.416 e. The minimum Gasteiger partial charge on any atom is -0.484 e. The molecule has 1 amide bonds. The number of benzene rings is 1. The summed E-state index contributed by atoms with van der Waals surface area (Å²) in [5.41, 5.74) is 5.07. The van der Waals surface area contributed by atoms with Gasteiger partial charge in [-0.3, -0.25) is 4.79 Å². The van der Waals surface area contributed by atoms with Crippen LogP contribution in [0.1, 0.15) is 18.4 Å². The second-order valence-electron chi connectivity index (χ2n) is 5.12. The highest BCUT2D eigenvalue weighted by Gasteiger charge is 2.30. The molecule has 1 aliphatic rings. The van der Waals surface area contributed by atoms with Gasteiger partial charge in [0.2, 0.25) is 0 Å². The van der Waals surface area contributed by atoms with E-state index in [1.54, 1.807) is 0 Å². The fourth-order valence-corrected chi connectivity index (χ4v) is 1.86. The molecule has 0 radical (unpaired) electrons. The Kier molecular flexibility index (Phi) is 6.49. The predicted molar refractivity (Wildman–Crippen MR) is 77.9 cm³/mol. The first-order valence-corrected chi connectivity index (χ1v) is 6.68. The van der Waals surface area contributed by atoms with Crippen molar-refractivity contribution >= 4 is 18.3 Å². The molecule has 1 fully saturated rings. The number of nitrogens with one attached hydrogen (secondary N) is 1. The standard InChI is InChI=1S/C14H17F3N2O2.ClH/c15-14(16,17)10-3-5-11(6-4-10)21-8-13(20)19-7-12(18)9-1-2-9;/h3-6,9,12H,1-2,7-8,18H2,(H,19,20);1H. The molecule has 1 aromatic carbocycles. The molecule has 3 N–H and O–H groups in total. The van der Waals surface area contributed by atoms with Crippen LogP contribution in [0.5, 0.6) is 5.75 Å². The van der Waals surface area contributed by atoms with Gasteiger partial charge < -0.3 is 15.8 Å². The fraction of sp³-hybridized carbons (Fsp3) is 0.500. The van der Waals surface area contributed by atoms with Crippen LogP contribution in [-0.4, -0.2) is 25.1 Å². The van der Waals surface area contributed by atoms with Crippen molar-refractivity contribution in [2.24, 2.45) is 11.7 Å². The number of carbonyl (C=O) groups is 1. The van der Waals surface area contributed by atoms with E-state index in [1.807, 2.05) is 0 Å². The van der Waals surface area contributed by atoms with E-state index in [-0.39, 0.29) is 36.7 Å². The Labute approximate surface area is 132 Å². The van der Waals surface area contributed by atoms with Crippen LogP contribution in [0, 0.1) is 5.92 Å². The molecular formula is C14H18ClF3N2O2. The molecule has 0 spiro atoms. The highest BCUT2D eigenvalue weighted by molar-refractivity contribution is 5.85. The first kappa shape index (κ1) is 18.6. The lowest BCUT2D eigenvalue weighted by molar-refractivity contribution is -0.137. The second-order valence-corrected chi connectivity index (χ2v) is 5.12. The molecule has 8 heteroatoms. The molecule has 1 saturated carbocycles. The van der Waals surface area contributed by atoms with Crippen molar-refractivity contribution in [2.45, 2.75) is 25.1 Å². The van der Waals surface area contributed by atoms with Gasteiger partial charge in [0.15, 0.2) is 6.61 Å². The van der Waals surface area contributed by atoms with Crippen molar-refractivity contribution in [3.63, 3.8) is 0 Å². The number of rotatable bonds is 6. The number of nitrogens with two attached hydrogens (primary N) is 1. The second kappa shape index (κ2) is 7.69. The summed E-state index contributed by atoms with van der Waals surface area (Å²) in [7, 11) is 0. The molecule has 0 bridgehead atoms. The molecule has 0 aliphatic heterocycles. The van der Waals surface area contributed by atoms with Crippen LogP contribution in [0.15, 0.2) is 24.3 Å². The molecule has 1 atom stereocenters. The van der Waals surface area contributed by atoms with Crippen molar-refractivity contribution in [2.75, 3.05) is 13.2 Å². The maximum absolute atomic E-state index is 12.4. The molecule has 1 aromatic rings. The van der Waals surface area contributed by atoms with Crippen LogP contribution in [0.4, 0.5) is 13.2 Å². The Morgan fingerprint density at radius 3 is 2.41 bits per heavy atom. The quantitative estimate of drug-likeness (QED) is 0.837. The SMILES string of the molecule is Cl.NC(CNC(=O)COc1ccc(C(F)(F)F)cc1)C1CC1. The first-order chi connectivity index (χ1) is 9.86.